The molecule has 0 aliphatic heterocycles. The van der Waals surface area contributed by atoms with Crippen molar-refractivity contribution in [1.82, 2.24) is 19.3 Å². The van der Waals surface area contributed by atoms with Gasteiger partial charge in [-0.3, -0.25) is 19.3 Å². The monoisotopic (exact) mass is 467 g/mol. The minimum Gasteiger partial charge on any atom is -0.508 e. The van der Waals surface area contributed by atoms with Crippen LogP contribution < -0.4 is 15.6 Å². The lowest BCUT2D eigenvalue weighted by molar-refractivity contribution is 0.102. The van der Waals surface area contributed by atoms with Crippen LogP contribution in [0.25, 0.3) is 16.6 Å². The van der Waals surface area contributed by atoms with E-state index in [1.54, 1.807) is 73.4 Å². The first-order valence-electron chi connectivity index (χ1n) is 10.8. The summed E-state index contributed by atoms with van der Waals surface area (Å²) in [4.78, 5) is 34.5. The Kier molecular flexibility index (Phi) is 5.50. The number of carbonyl (C=O) groups excluding carboxylic acids is 1. The molecule has 0 aliphatic carbocycles. The molecule has 5 rings (SSSR count). The fourth-order valence-corrected chi connectivity index (χ4v) is 3.85. The number of para-hydroxylation sites is 1. The molecule has 0 saturated carbocycles. The average molecular weight is 467 g/mol. The maximum atomic E-state index is 13.0. The van der Waals surface area contributed by atoms with Gasteiger partial charge in [-0.2, -0.15) is 0 Å². The van der Waals surface area contributed by atoms with E-state index < -0.39 is 11.5 Å². The van der Waals surface area contributed by atoms with Gasteiger partial charge >= 0.3 is 0 Å². The van der Waals surface area contributed by atoms with Gasteiger partial charge in [0.1, 0.15) is 28.6 Å². The molecule has 2 aromatic carbocycles. The van der Waals surface area contributed by atoms with E-state index in [1.807, 2.05) is 18.2 Å². The maximum Gasteiger partial charge on any atom is 0.284 e. The lowest BCUT2D eigenvalue weighted by Gasteiger charge is -2.09. The lowest BCUT2D eigenvalue weighted by atomic mass is 10.2. The second kappa shape index (κ2) is 8.79. The predicted octanol–water partition coefficient (Wildman–Crippen LogP) is 4.18. The molecule has 2 N–H and O–H groups in total. The van der Waals surface area contributed by atoms with Gasteiger partial charge in [-0.25, -0.2) is 9.67 Å². The fraction of sp³-hybridized carbons (Fsp3) is 0.0769. The third-order valence-electron chi connectivity index (χ3n) is 5.67. The molecule has 174 valence electrons. The number of phenolic OH excluding ortho intramolecular Hbond substituents is 1. The highest BCUT2D eigenvalue weighted by atomic mass is 16.5. The Hall–Kier alpha value is -4.92. The number of fused-ring (bicyclic) bond motifs is 1. The number of hydrogen-bond acceptors (Lipinski definition) is 6. The van der Waals surface area contributed by atoms with Gasteiger partial charge in [0.15, 0.2) is 0 Å². The van der Waals surface area contributed by atoms with Gasteiger partial charge in [-0.05, 0) is 55.5 Å². The summed E-state index contributed by atoms with van der Waals surface area (Å²) in [5, 5.41) is 13.1. The molecule has 0 aliphatic rings. The van der Waals surface area contributed by atoms with Gasteiger partial charge in [-0.15, -0.1) is 0 Å². The summed E-state index contributed by atoms with van der Waals surface area (Å²) in [5.41, 5.74) is 1.50. The van der Waals surface area contributed by atoms with Crippen molar-refractivity contribution in [1.29, 1.82) is 0 Å². The molecule has 9 heteroatoms. The molecule has 1 amide bonds. The van der Waals surface area contributed by atoms with Gasteiger partial charge in [0.05, 0.1) is 23.1 Å². The standard InChI is InChI=1S/C26H21N5O4/c1-16-24(26(34)31(30(16)2)17-6-4-3-5-7-17)25(33)29-23-11-9-19(15-28-23)35-22-12-13-27-21-10-8-18(32)14-20(21)22/h3-15,32H,1-2H3,(H,28,29,33). The summed E-state index contributed by atoms with van der Waals surface area (Å²) in [7, 11) is 1.73. The van der Waals surface area contributed by atoms with Crippen molar-refractivity contribution in [2.45, 2.75) is 6.92 Å². The van der Waals surface area contributed by atoms with E-state index in [4.69, 9.17) is 4.74 Å². The molecule has 0 bridgehead atoms. The summed E-state index contributed by atoms with van der Waals surface area (Å²) in [6.07, 6.45) is 3.08. The second-order valence-corrected chi connectivity index (χ2v) is 7.88. The van der Waals surface area contributed by atoms with Crippen LogP contribution in [0.3, 0.4) is 0 Å². The Morgan fingerprint density at radius 3 is 2.57 bits per heavy atom. The minimum absolute atomic E-state index is 0.0431. The van der Waals surface area contributed by atoms with E-state index in [1.165, 1.54) is 10.9 Å². The SMILES string of the molecule is Cc1c(C(=O)Nc2ccc(Oc3ccnc4ccc(O)cc34)cn2)c(=O)n(-c2ccccc2)n1C. The molecule has 35 heavy (non-hydrogen) atoms. The van der Waals surface area contributed by atoms with E-state index in [9.17, 15) is 14.7 Å². The Balaban J connectivity index is 1.37. The molecule has 9 nitrogen and oxygen atoms in total. The average Bonchev–Trinajstić information content (AvgIpc) is 3.09. The first-order valence-corrected chi connectivity index (χ1v) is 10.8. The van der Waals surface area contributed by atoms with E-state index in [0.717, 1.165) is 0 Å². The number of aromatic hydroxyl groups is 1. The zero-order valence-corrected chi connectivity index (χ0v) is 19.0. The minimum atomic E-state index is -0.547. The van der Waals surface area contributed by atoms with Crippen LogP contribution >= 0.6 is 0 Å². The number of amides is 1. The van der Waals surface area contributed by atoms with Crippen molar-refractivity contribution in [3.8, 4) is 22.9 Å². The molecule has 0 saturated heterocycles. The molecule has 0 radical (unpaired) electrons. The number of rotatable bonds is 5. The number of aromatic nitrogens is 4. The van der Waals surface area contributed by atoms with Crippen LogP contribution in [0.15, 0.2) is 83.9 Å². The predicted molar refractivity (Wildman–Crippen MR) is 131 cm³/mol. The number of benzene rings is 2. The highest BCUT2D eigenvalue weighted by Crippen LogP contribution is 2.31. The van der Waals surface area contributed by atoms with Crippen molar-refractivity contribution in [3.05, 3.63) is 101 Å². The number of anilines is 1. The molecule has 5 aromatic rings. The van der Waals surface area contributed by atoms with Crippen molar-refractivity contribution in [2.24, 2.45) is 7.05 Å². The van der Waals surface area contributed by atoms with Crippen molar-refractivity contribution in [2.75, 3.05) is 5.32 Å². The van der Waals surface area contributed by atoms with Gasteiger partial charge < -0.3 is 15.2 Å². The van der Waals surface area contributed by atoms with Crippen LogP contribution in [0.4, 0.5) is 5.82 Å². The molecule has 0 spiro atoms. The number of pyridine rings is 2. The highest BCUT2D eigenvalue weighted by molar-refractivity contribution is 6.04. The summed E-state index contributed by atoms with van der Waals surface area (Å²) >= 11 is 0. The van der Waals surface area contributed by atoms with Crippen molar-refractivity contribution < 1.29 is 14.6 Å². The lowest BCUT2D eigenvalue weighted by Crippen LogP contribution is -2.25. The molecule has 3 heterocycles. The van der Waals surface area contributed by atoms with E-state index in [0.29, 0.717) is 33.8 Å². The number of nitrogens with zero attached hydrogens (tertiary/aromatic N) is 4. The number of carbonyl (C=O) groups is 1. The van der Waals surface area contributed by atoms with E-state index >= 15 is 0 Å². The summed E-state index contributed by atoms with van der Waals surface area (Å²) < 4.78 is 9.01. The van der Waals surface area contributed by atoms with E-state index in [2.05, 4.69) is 15.3 Å². The first-order chi connectivity index (χ1) is 16.9. The van der Waals surface area contributed by atoms with Crippen molar-refractivity contribution in [3.63, 3.8) is 0 Å². The third-order valence-corrected chi connectivity index (χ3v) is 5.67. The molecule has 3 aromatic heterocycles. The van der Waals surface area contributed by atoms with Gasteiger partial charge in [-0.1, -0.05) is 18.2 Å². The largest absolute Gasteiger partial charge is 0.508 e. The van der Waals surface area contributed by atoms with E-state index in [-0.39, 0.29) is 17.1 Å². The number of ether oxygens (including phenoxy) is 1. The van der Waals surface area contributed by atoms with Gasteiger partial charge in [0.2, 0.25) is 0 Å². The van der Waals surface area contributed by atoms with Gasteiger partial charge in [0, 0.05) is 18.6 Å². The third kappa shape index (κ3) is 4.10. The Morgan fingerprint density at radius 2 is 1.83 bits per heavy atom. The normalized spacial score (nSPS) is 10.9. The fourth-order valence-electron chi connectivity index (χ4n) is 3.85. The van der Waals surface area contributed by atoms with Crippen LogP contribution in [-0.2, 0) is 7.05 Å². The van der Waals surface area contributed by atoms with Crippen LogP contribution in [0, 0.1) is 6.92 Å². The molecule has 0 atom stereocenters. The molecular weight excluding hydrogens is 446 g/mol. The summed E-state index contributed by atoms with van der Waals surface area (Å²) in [6.45, 7) is 1.72. The quantitative estimate of drug-likeness (QED) is 0.401. The number of phenols is 1. The molecular formula is C26H21N5O4. The summed E-state index contributed by atoms with van der Waals surface area (Å²) in [5.74, 6) is 0.768. The Labute approximate surface area is 199 Å². The second-order valence-electron chi connectivity index (χ2n) is 7.88. The smallest absolute Gasteiger partial charge is 0.284 e. The molecule has 0 unspecified atom stereocenters. The Bertz CT molecular complexity index is 1610. The zero-order chi connectivity index (χ0) is 24.5. The number of nitrogens with one attached hydrogen (secondary N) is 1. The van der Waals surface area contributed by atoms with Crippen LogP contribution in [-0.4, -0.2) is 30.3 Å². The maximum absolute atomic E-state index is 13.0. The van der Waals surface area contributed by atoms with Crippen molar-refractivity contribution >= 4 is 22.6 Å². The van der Waals surface area contributed by atoms with Crippen LogP contribution in [0.5, 0.6) is 17.2 Å². The van der Waals surface area contributed by atoms with Crippen LogP contribution in [0.1, 0.15) is 16.1 Å². The zero-order valence-electron chi connectivity index (χ0n) is 19.0. The topological polar surface area (TPSA) is 111 Å². The Morgan fingerprint density at radius 1 is 1.03 bits per heavy atom. The van der Waals surface area contributed by atoms with Gasteiger partial charge in [0.25, 0.3) is 11.5 Å². The van der Waals surface area contributed by atoms with Crippen LogP contribution in [0.2, 0.25) is 0 Å². The summed E-state index contributed by atoms with van der Waals surface area (Å²) in [6, 6.07) is 18.9. The molecule has 0 fully saturated rings. The number of hydrogen-bond donors (Lipinski definition) is 2. The highest BCUT2D eigenvalue weighted by Gasteiger charge is 2.22. The first kappa shape index (κ1) is 21.9.